The predicted molar refractivity (Wildman–Crippen MR) is 68.7 cm³/mol. The van der Waals surface area contributed by atoms with E-state index in [-0.39, 0.29) is 17.4 Å². The van der Waals surface area contributed by atoms with Gasteiger partial charge in [-0.1, -0.05) is 27.7 Å². The van der Waals surface area contributed by atoms with Crippen molar-refractivity contribution in [1.29, 1.82) is 0 Å². The molecule has 1 unspecified atom stereocenters. The molecule has 4 heteroatoms. The van der Waals surface area contributed by atoms with Crippen LogP contribution in [0, 0.1) is 5.92 Å². The topological polar surface area (TPSA) is 52.6 Å². The molecular weight excluding hydrogens is 216 g/mol. The second-order valence-corrected chi connectivity index (χ2v) is 5.42. The number of hydrogen-bond acceptors (Lipinski definition) is 3. The molecule has 0 bridgehead atoms. The minimum Gasteiger partial charge on any atom is -0.383 e. The van der Waals surface area contributed by atoms with E-state index in [0.29, 0.717) is 0 Å². The molecule has 0 aromatic carbocycles. The lowest BCUT2D eigenvalue weighted by atomic mass is 10.1. The molecule has 1 aliphatic carbocycles. The number of carbonyl (C=O) groups is 1. The minimum absolute atomic E-state index is 0.0285. The quantitative estimate of drug-likeness (QED) is 0.700. The summed E-state index contributed by atoms with van der Waals surface area (Å²) in [6.45, 7) is 10.9. The van der Waals surface area contributed by atoms with Crippen molar-refractivity contribution in [3.8, 4) is 0 Å². The van der Waals surface area contributed by atoms with Gasteiger partial charge in [-0.15, -0.1) is 0 Å². The van der Waals surface area contributed by atoms with Crippen LogP contribution in [0.2, 0.25) is 0 Å². The Kier molecular flexibility index (Phi) is 4.95. The Labute approximate surface area is 104 Å². The van der Waals surface area contributed by atoms with Gasteiger partial charge in [0.05, 0.1) is 5.54 Å². The number of aliphatic hydroxyl groups is 1. The maximum absolute atomic E-state index is 11.8. The molecule has 0 aromatic rings. The zero-order valence-electron chi connectivity index (χ0n) is 11.5. The number of nitrogens with zero attached hydrogens (tertiary/aromatic N) is 1. The third-order valence-electron chi connectivity index (χ3n) is 3.56. The van der Waals surface area contributed by atoms with Crippen LogP contribution in [0.4, 0.5) is 0 Å². The van der Waals surface area contributed by atoms with E-state index in [2.05, 4.69) is 24.1 Å². The fourth-order valence-electron chi connectivity index (χ4n) is 1.99. The van der Waals surface area contributed by atoms with E-state index < -0.39 is 6.10 Å². The molecule has 1 rings (SSSR count). The first-order chi connectivity index (χ1) is 7.94. The van der Waals surface area contributed by atoms with Gasteiger partial charge in [0.15, 0.2) is 0 Å². The molecule has 0 saturated heterocycles. The normalized spacial score (nSPS) is 19.5. The maximum atomic E-state index is 11.8. The SMILES string of the molecule is CCN(CC)CC1(NC(=O)C(O)C(C)C)CC1. The number of likely N-dealkylation sites (N-methyl/N-ethyl adjacent to an activating group) is 1. The van der Waals surface area contributed by atoms with Crippen molar-refractivity contribution < 1.29 is 9.90 Å². The van der Waals surface area contributed by atoms with Crippen LogP contribution in [0.25, 0.3) is 0 Å². The molecule has 100 valence electrons. The molecule has 0 heterocycles. The number of carbonyl (C=O) groups excluding carboxylic acids is 1. The molecule has 17 heavy (non-hydrogen) atoms. The summed E-state index contributed by atoms with van der Waals surface area (Å²) in [6.07, 6.45) is 1.17. The van der Waals surface area contributed by atoms with Crippen LogP contribution >= 0.6 is 0 Å². The second kappa shape index (κ2) is 5.83. The standard InChI is InChI=1S/C13H26N2O2/c1-5-15(6-2)9-13(7-8-13)14-12(17)11(16)10(3)4/h10-11,16H,5-9H2,1-4H3,(H,14,17). The van der Waals surface area contributed by atoms with E-state index in [1.165, 1.54) is 0 Å². The zero-order chi connectivity index (χ0) is 13.1. The predicted octanol–water partition coefficient (Wildman–Crippen LogP) is 0.994. The first-order valence-electron chi connectivity index (χ1n) is 6.66. The van der Waals surface area contributed by atoms with Gasteiger partial charge in [-0.3, -0.25) is 4.79 Å². The highest BCUT2D eigenvalue weighted by molar-refractivity contribution is 5.81. The molecule has 0 spiro atoms. The fraction of sp³-hybridized carbons (Fsp3) is 0.923. The highest BCUT2D eigenvalue weighted by Gasteiger charge is 2.45. The van der Waals surface area contributed by atoms with Gasteiger partial charge in [-0.05, 0) is 31.8 Å². The second-order valence-electron chi connectivity index (χ2n) is 5.42. The summed E-state index contributed by atoms with van der Waals surface area (Å²) in [7, 11) is 0. The lowest BCUT2D eigenvalue weighted by molar-refractivity contribution is -0.132. The Morgan fingerprint density at radius 3 is 2.24 bits per heavy atom. The lowest BCUT2D eigenvalue weighted by Crippen LogP contribution is -2.50. The van der Waals surface area contributed by atoms with E-state index in [1.54, 1.807) is 0 Å². The average Bonchev–Trinajstić information content (AvgIpc) is 3.04. The van der Waals surface area contributed by atoms with Crippen molar-refractivity contribution in [2.45, 2.75) is 52.2 Å². The number of rotatable bonds is 7. The van der Waals surface area contributed by atoms with E-state index in [4.69, 9.17) is 0 Å². The largest absolute Gasteiger partial charge is 0.383 e. The molecule has 0 radical (unpaired) electrons. The van der Waals surface area contributed by atoms with Crippen molar-refractivity contribution in [1.82, 2.24) is 10.2 Å². The summed E-state index contributed by atoms with van der Waals surface area (Å²) in [5.74, 6) is -0.246. The molecule has 2 N–H and O–H groups in total. The van der Waals surface area contributed by atoms with Crippen LogP contribution < -0.4 is 5.32 Å². The summed E-state index contributed by atoms with van der Waals surface area (Å²) in [6, 6.07) is 0. The Morgan fingerprint density at radius 1 is 1.35 bits per heavy atom. The van der Waals surface area contributed by atoms with Crippen LogP contribution in [0.15, 0.2) is 0 Å². The van der Waals surface area contributed by atoms with Gasteiger partial charge in [-0.2, -0.15) is 0 Å². The monoisotopic (exact) mass is 242 g/mol. The third-order valence-corrected chi connectivity index (χ3v) is 3.56. The summed E-state index contributed by atoms with van der Waals surface area (Å²) < 4.78 is 0. The summed E-state index contributed by atoms with van der Waals surface area (Å²) in [5, 5.41) is 12.7. The van der Waals surface area contributed by atoms with Crippen molar-refractivity contribution in [3.63, 3.8) is 0 Å². The zero-order valence-corrected chi connectivity index (χ0v) is 11.5. The first-order valence-corrected chi connectivity index (χ1v) is 6.66. The molecule has 0 aromatic heterocycles. The maximum Gasteiger partial charge on any atom is 0.249 e. The van der Waals surface area contributed by atoms with Crippen LogP contribution in [0.5, 0.6) is 0 Å². The highest BCUT2D eigenvalue weighted by Crippen LogP contribution is 2.36. The lowest BCUT2D eigenvalue weighted by Gasteiger charge is -2.27. The van der Waals surface area contributed by atoms with Crippen LogP contribution in [0.3, 0.4) is 0 Å². The molecule has 1 atom stereocenters. The molecule has 0 aliphatic heterocycles. The third kappa shape index (κ3) is 3.96. The van der Waals surface area contributed by atoms with Gasteiger partial charge in [-0.25, -0.2) is 0 Å². The molecule has 1 aliphatic rings. The van der Waals surface area contributed by atoms with E-state index >= 15 is 0 Å². The van der Waals surface area contributed by atoms with Crippen molar-refractivity contribution in [2.24, 2.45) is 5.92 Å². The summed E-state index contributed by atoms with van der Waals surface area (Å²) in [4.78, 5) is 14.1. The summed E-state index contributed by atoms with van der Waals surface area (Å²) >= 11 is 0. The number of hydrogen-bond donors (Lipinski definition) is 2. The molecule has 1 amide bonds. The van der Waals surface area contributed by atoms with Gasteiger partial charge in [0.25, 0.3) is 0 Å². The van der Waals surface area contributed by atoms with Gasteiger partial charge < -0.3 is 15.3 Å². The molecule has 1 fully saturated rings. The fourth-order valence-corrected chi connectivity index (χ4v) is 1.99. The molecule has 4 nitrogen and oxygen atoms in total. The van der Waals surface area contributed by atoms with Crippen molar-refractivity contribution in [2.75, 3.05) is 19.6 Å². The van der Waals surface area contributed by atoms with Crippen LogP contribution in [0.1, 0.15) is 40.5 Å². The van der Waals surface area contributed by atoms with Gasteiger partial charge in [0, 0.05) is 6.54 Å². The van der Waals surface area contributed by atoms with E-state index in [1.807, 2.05) is 13.8 Å². The number of aliphatic hydroxyl groups excluding tert-OH is 1. The van der Waals surface area contributed by atoms with Gasteiger partial charge in [0.2, 0.25) is 5.91 Å². The Morgan fingerprint density at radius 2 is 1.88 bits per heavy atom. The van der Waals surface area contributed by atoms with Gasteiger partial charge in [0.1, 0.15) is 6.10 Å². The highest BCUT2D eigenvalue weighted by atomic mass is 16.3. The molecule has 1 saturated carbocycles. The average molecular weight is 242 g/mol. The molecular formula is C13H26N2O2. The minimum atomic E-state index is -0.885. The van der Waals surface area contributed by atoms with Gasteiger partial charge >= 0.3 is 0 Å². The number of nitrogens with one attached hydrogen (secondary N) is 1. The first kappa shape index (κ1) is 14.5. The van der Waals surface area contributed by atoms with Crippen molar-refractivity contribution >= 4 is 5.91 Å². The van der Waals surface area contributed by atoms with Crippen LogP contribution in [-0.4, -0.2) is 47.2 Å². The Bertz CT molecular complexity index is 258. The van der Waals surface area contributed by atoms with E-state index in [9.17, 15) is 9.90 Å². The smallest absolute Gasteiger partial charge is 0.249 e. The van der Waals surface area contributed by atoms with Crippen molar-refractivity contribution in [3.05, 3.63) is 0 Å². The number of amides is 1. The summed E-state index contributed by atoms with van der Waals surface area (Å²) in [5.41, 5.74) is -0.0705. The van der Waals surface area contributed by atoms with E-state index in [0.717, 1.165) is 32.5 Å². The van der Waals surface area contributed by atoms with Crippen LogP contribution in [-0.2, 0) is 4.79 Å². The Hall–Kier alpha value is -0.610. The Balaban J connectivity index is 2.47.